The Morgan fingerprint density at radius 3 is 2.76 bits per heavy atom. The van der Waals surface area contributed by atoms with Crippen molar-refractivity contribution in [1.29, 1.82) is 0 Å². The van der Waals surface area contributed by atoms with Gasteiger partial charge in [-0.25, -0.2) is 0 Å². The van der Waals surface area contributed by atoms with Crippen molar-refractivity contribution in [2.75, 3.05) is 18.5 Å². The average Bonchev–Trinajstić information content (AvgIpc) is 2.84. The summed E-state index contributed by atoms with van der Waals surface area (Å²) in [6, 6.07) is 8.22. The molecule has 0 bridgehead atoms. The van der Waals surface area contributed by atoms with Gasteiger partial charge in [-0.2, -0.15) is 0 Å². The van der Waals surface area contributed by atoms with Crippen LogP contribution in [-0.4, -0.2) is 31.0 Å². The Morgan fingerprint density at radius 1 is 1.28 bits per heavy atom. The first kappa shape index (κ1) is 20.5. The number of halogens is 1. The number of ether oxygens (including phenoxy) is 2. The lowest BCUT2D eigenvalue weighted by Gasteiger charge is -2.26. The minimum absolute atomic E-state index is 0. The molecular formula is C19H30IN3O2. The second-order valence-corrected chi connectivity index (χ2v) is 6.78. The summed E-state index contributed by atoms with van der Waals surface area (Å²) in [6.45, 7) is 3.29. The second-order valence-electron chi connectivity index (χ2n) is 6.78. The third-order valence-corrected chi connectivity index (χ3v) is 4.85. The van der Waals surface area contributed by atoms with Crippen molar-refractivity contribution in [3.8, 4) is 0 Å². The van der Waals surface area contributed by atoms with Crippen molar-refractivity contribution in [2.45, 2.75) is 63.8 Å². The summed E-state index contributed by atoms with van der Waals surface area (Å²) in [4.78, 5) is 4.44. The lowest BCUT2D eigenvalue weighted by atomic mass is 10.1. The van der Waals surface area contributed by atoms with E-state index >= 15 is 0 Å². The molecule has 0 amide bonds. The van der Waals surface area contributed by atoms with E-state index in [1.54, 1.807) is 0 Å². The molecule has 1 unspecified atom stereocenters. The molecule has 1 atom stereocenters. The van der Waals surface area contributed by atoms with Crippen molar-refractivity contribution in [3.63, 3.8) is 0 Å². The number of aliphatic imine (C=N–C) groups is 1. The number of benzene rings is 1. The zero-order valence-corrected chi connectivity index (χ0v) is 17.3. The summed E-state index contributed by atoms with van der Waals surface area (Å²) in [6.07, 6.45) is 7.96. The van der Waals surface area contributed by atoms with Gasteiger partial charge in [0.2, 0.25) is 0 Å². The Morgan fingerprint density at radius 2 is 2.04 bits per heavy atom. The number of anilines is 1. The molecule has 2 fully saturated rings. The minimum Gasteiger partial charge on any atom is -0.370 e. The predicted molar refractivity (Wildman–Crippen MR) is 113 cm³/mol. The lowest BCUT2D eigenvalue weighted by Crippen LogP contribution is -2.31. The van der Waals surface area contributed by atoms with E-state index in [2.05, 4.69) is 29.4 Å². The van der Waals surface area contributed by atoms with E-state index in [0.29, 0.717) is 19.1 Å². The molecule has 1 aromatic rings. The van der Waals surface area contributed by atoms with Crippen LogP contribution in [0.25, 0.3) is 0 Å². The molecule has 1 aliphatic heterocycles. The fraction of sp³-hybridized carbons (Fsp3) is 0.632. The highest BCUT2D eigenvalue weighted by molar-refractivity contribution is 14.0. The van der Waals surface area contributed by atoms with E-state index in [4.69, 9.17) is 15.2 Å². The van der Waals surface area contributed by atoms with E-state index in [9.17, 15) is 0 Å². The molecule has 1 aromatic carbocycles. The van der Waals surface area contributed by atoms with Gasteiger partial charge in [0, 0.05) is 18.5 Å². The Balaban J connectivity index is 0.00000225. The molecule has 0 aromatic heterocycles. The first-order valence-corrected chi connectivity index (χ1v) is 9.17. The standard InChI is InChI=1S/C19H29N3O2.HI/c1-2-15-8-7-9-16(12-15)22-18(20)21-13-17-14-23-19(24-17)10-5-3-4-6-11-19;/h7-9,12,17H,2-6,10-11,13-14H2,1H3,(H3,20,21,22);1H. The van der Waals surface area contributed by atoms with Crippen molar-refractivity contribution in [3.05, 3.63) is 29.8 Å². The van der Waals surface area contributed by atoms with Gasteiger partial charge in [-0.3, -0.25) is 4.99 Å². The molecule has 140 valence electrons. The molecule has 1 heterocycles. The van der Waals surface area contributed by atoms with Crippen molar-refractivity contribution in [2.24, 2.45) is 10.7 Å². The Hall–Kier alpha value is -0.860. The fourth-order valence-corrected chi connectivity index (χ4v) is 3.49. The molecule has 3 N–H and O–H groups in total. The third-order valence-electron chi connectivity index (χ3n) is 4.85. The summed E-state index contributed by atoms with van der Waals surface area (Å²) >= 11 is 0. The second kappa shape index (κ2) is 9.73. The van der Waals surface area contributed by atoms with Crippen LogP contribution in [0.1, 0.15) is 51.0 Å². The number of hydrogen-bond donors (Lipinski definition) is 2. The number of nitrogens with one attached hydrogen (secondary N) is 1. The van der Waals surface area contributed by atoms with Crippen LogP contribution in [0.2, 0.25) is 0 Å². The first-order valence-electron chi connectivity index (χ1n) is 9.17. The van der Waals surface area contributed by atoms with Gasteiger partial charge in [0.25, 0.3) is 0 Å². The molecule has 3 rings (SSSR count). The minimum atomic E-state index is -0.353. The number of aryl methyl sites for hydroxylation is 1. The van der Waals surface area contributed by atoms with Crippen molar-refractivity contribution in [1.82, 2.24) is 0 Å². The number of guanidine groups is 1. The van der Waals surface area contributed by atoms with Crippen LogP contribution in [0.4, 0.5) is 5.69 Å². The first-order chi connectivity index (χ1) is 11.7. The molecule has 1 spiro atoms. The molecule has 1 saturated carbocycles. The zero-order chi connectivity index (χ0) is 16.8. The Labute approximate surface area is 167 Å². The van der Waals surface area contributed by atoms with Gasteiger partial charge in [-0.15, -0.1) is 24.0 Å². The SMILES string of the molecule is CCc1cccc(NC(N)=NCC2COC3(CCCCCC3)O2)c1.I. The van der Waals surface area contributed by atoms with Gasteiger partial charge in [0.15, 0.2) is 11.7 Å². The number of nitrogens with two attached hydrogens (primary N) is 1. The van der Waals surface area contributed by atoms with Gasteiger partial charge < -0.3 is 20.5 Å². The van der Waals surface area contributed by atoms with E-state index in [0.717, 1.165) is 24.9 Å². The molecule has 1 aliphatic carbocycles. The fourth-order valence-electron chi connectivity index (χ4n) is 3.49. The maximum absolute atomic E-state index is 6.19. The summed E-state index contributed by atoms with van der Waals surface area (Å²) < 4.78 is 12.2. The molecule has 0 radical (unpaired) electrons. The van der Waals surface area contributed by atoms with Gasteiger partial charge in [0.05, 0.1) is 13.2 Å². The quantitative estimate of drug-likeness (QED) is 0.405. The number of rotatable bonds is 4. The highest BCUT2D eigenvalue weighted by Crippen LogP contribution is 2.36. The normalized spacial score (nSPS) is 23.1. The van der Waals surface area contributed by atoms with Crippen LogP contribution in [0.3, 0.4) is 0 Å². The van der Waals surface area contributed by atoms with Gasteiger partial charge >= 0.3 is 0 Å². The largest absolute Gasteiger partial charge is 0.370 e. The Bertz CT molecular complexity index is 572. The van der Waals surface area contributed by atoms with Gasteiger partial charge in [-0.05, 0) is 37.0 Å². The van der Waals surface area contributed by atoms with Crippen LogP contribution >= 0.6 is 24.0 Å². The molecule has 2 aliphatic rings. The highest BCUT2D eigenvalue weighted by atomic mass is 127. The number of hydrogen-bond acceptors (Lipinski definition) is 3. The zero-order valence-electron chi connectivity index (χ0n) is 15.0. The van der Waals surface area contributed by atoms with E-state index in [1.807, 2.05) is 12.1 Å². The van der Waals surface area contributed by atoms with E-state index < -0.39 is 0 Å². The molecule has 1 saturated heterocycles. The average molecular weight is 459 g/mol. The van der Waals surface area contributed by atoms with E-state index in [1.165, 1.54) is 31.2 Å². The summed E-state index contributed by atoms with van der Waals surface area (Å²) in [5.74, 6) is 0.0719. The van der Waals surface area contributed by atoms with Crippen LogP contribution in [0.5, 0.6) is 0 Å². The molecule has 5 nitrogen and oxygen atoms in total. The highest BCUT2D eigenvalue weighted by Gasteiger charge is 2.41. The molecular weight excluding hydrogens is 429 g/mol. The smallest absolute Gasteiger partial charge is 0.193 e. The lowest BCUT2D eigenvalue weighted by molar-refractivity contribution is -0.174. The predicted octanol–water partition coefficient (Wildman–Crippen LogP) is 4.06. The summed E-state index contributed by atoms with van der Waals surface area (Å²) in [5.41, 5.74) is 8.26. The maximum Gasteiger partial charge on any atom is 0.193 e. The van der Waals surface area contributed by atoms with Crippen molar-refractivity contribution < 1.29 is 9.47 Å². The maximum atomic E-state index is 6.19. The summed E-state index contributed by atoms with van der Waals surface area (Å²) in [5, 5.41) is 3.15. The van der Waals surface area contributed by atoms with Crippen LogP contribution in [0.15, 0.2) is 29.3 Å². The molecule has 6 heteroatoms. The van der Waals surface area contributed by atoms with Gasteiger partial charge in [-0.1, -0.05) is 31.9 Å². The monoisotopic (exact) mass is 459 g/mol. The summed E-state index contributed by atoms with van der Waals surface area (Å²) in [7, 11) is 0. The third kappa shape index (κ3) is 5.82. The van der Waals surface area contributed by atoms with Crippen LogP contribution in [-0.2, 0) is 15.9 Å². The Kier molecular flexibility index (Phi) is 7.96. The van der Waals surface area contributed by atoms with Gasteiger partial charge in [0.1, 0.15) is 6.10 Å². The van der Waals surface area contributed by atoms with Crippen LogP contribution in [0, 0.1) is 0 Å². The molecule has 25 heavy (non-hydrogen) atoms. The van der Waals surface area contributed by atoms with Crippen molar-refractivity contribution >= 4 is 35.6 Å². The van der Waals surface area contributed by atoms with E-state index in [-0.39, 0.29) is 35.9 Å². The van der Waals surface area contributed by atoms with Crippen LogP contribution < -0.4 is 11.1 Å². The topological polar surface area (TPSA) is 68.9 Å². The number of nitrogens with zero attached hydrogens (tertiary/aromatic N) is 1.